The van der Waals surface area contributed by atoms with E-state index in [1.165, 1.54) is 18.5 Å². The lowest BCUT2D eigenvalue weighted by Crippen LogP contribution is -2.10. The average Bonchev–Trinajstić information content (AvgIpc) is 2.38. The topological polar surface area (TPSA) is 64.7 Å². The highest BCUT2D eigenvalue weighted by atomic mass is 19.4. The molecule has 0 saturated heterocycles. The van der Waals surface area contributed by atoms with Crippen LogP contribution in [0.3, 0.4) is 0 Å². The van der Waals surface area contributed by atoms with E-state index in [1.807, 2.05) is 0 Å². The summed E-state index contributed by atoms with van der Waals surface area (Å²) in [5.74, 6) is 0.116. The zero-order valence-corrected chi connectivity index (χ0v) is 10.6. The van der Waals surface area contributed by atoms with Crippen molar-refractivity contribution in [2.24, 2.45) is 0 Å². The minimum atomic E-state index is -4.52. The van der Waals surface area contributed by atoms with Gasteiger partial charge in [0.15, 0.2) is 0 Å². The summed E-state index contributed by atoms with van der Waals surface area (Å²) in [4.78, 5) is 11.7. The number of hydrogen-bond acceptors (Lipinski definition) is 4. The Bertz CT molecular complexity index is 665. The third-order valence-electron chi connectivity index (χ3n) is 2.56. The van der Waals surface area contributed by atoms with Crippen LogP contribution in [0.15, 0.2) is 31.1 Å². The molecular formula is C13H11F3N4. The lowest BCUT2D eigenvalue weighted by atomic mass is 10.1. The summed E-state index contributed by atoms with van der Waals surface area (Å²) in [5, 5.41) is 0. The van der Waals surface area contributed by atoms with Crippen molar-refractivity contribution in [3.05, 3.63) is 42.4 Å². The number of alkyl halides is 3. The number of nitrogens with zero attached hydrogens (tertiary/aromatic N) is 3. The minimum Gasteiger partial charge on any atom is -0.382 e. The number of pyridine rings is 1. The molecule has 0 aromatic carbocycles. The summed E-state index contributed by atoms with van der Waals surface area (Å²) in [6.45, 7) is 5.31. The maximum atomic E-state index is 12.9. The maximum Gasteiger partial charge on any atom is 0.418 e. The van der Waals surface area contributed by atoms with Crippen LogP contribution >= 0.6 is 0 Å². The second-order valence-corrected chi connectivity index (χ2v) is 4.17. The summed E-state index contributed by atoms with van der Waals surface area (Å²) in [6, 6.07) is 2.16. The normalized spacial score (nSPS) is 11.4. The van der Waals surface area contributed by atoms with Crippen molar-refractivity contribution >= 4 is 11.4 Å². The highest BCUT2D eigenvalue weighted by Gasteiger charge is 2.34. The summed E-state index contributed by atoms with van der Waals surface area (Å²) in [6.07, 6.45) is -2.08. The third-order valence-corrected chi connectivity index (χ3v) is 2.56. The van der Waals surface area contributed by atoms with E-state index in [0.29, 0.717) is 5.57 Å². The first-order chi connectivity index (χ1) is 9.30. The van der Waals surface area contributed by atoms with E-state index in [-0.39, 0.29) is 22.9 Å². The Labute approximate surface area is 113 Å². The second-order valence-electron chi connectivity index (χ2n) is 4.17. The van der Waals surface area contributed by atoms with Gasteiger partial charge in [-0.2, -0.15) is 13.2 Å². The van der Waals surface area contributed by atoms with E-state index in [2.05, 4.69) is 21.5 Å². The average molecular weight is 280 g/mol. The molecule has 0 aliphatic rings. The lowest BCUT2D eigenvalue weighted by Gasteiger charge is -2.12. The van der Waals surface area contributed by atoms with E-state index in [9.17, 15) is 13.2 Å². The third kappa shape index (κ3) is 2.61. The smallest absolute Gasteiger partial charge is 0.382 e. The Hall–Kier alpha value is -2.44. The van der Waals surface area contributed by atoms with Gasteiger partial charge in [-0.15, -0.1) is 0 Å². The summed E-state index contributed by atoms with van der Waals surface area (Å²) in [7, 11) is 0. The zero-order valence-electron chi connectivity index (χ0n) is 10.6. The monoisotopic (exact) mass is 280 g/mol. The van der Waals surface area contributed by atoms with Gasteiger partial charge in [0.2, 0.25) is 0 Å². The predicted molar refractivity (Wildman–Crippen MR) is 69.4 cm³/mol. The molecule has 0 aliphatic heterocycles. The molecule has 104 valence electrons. The number of nitrogen functional groups attached to an aromatic ring is 1. The van der Waals surface area contributed by atoms with Crippen LogP contribution in [0.4, 0.5) is 19.0 Å². The lowest BCUT2D eigenvalue weighted by molar-refractivity contribution is -0.137. The molecule has 0 bridgehead atoms. The molecule has 0 fully saturated rings. The quantitative estimate of drug-likeness (QED) is 0.917. The van der Waals surface area contributed by atoms with Gasteiger partial charge in [-0.25, -0.2) is 9.97 Å². The Balaban J connectivity index is 2.64. The van der Waals surface area contributed by atoms with Gasteiger partial charge in [0.1, 0.15) is 22.9 Å². The fourth-order valence-electron chi connectivity index (χ4n) is 1.66. The van der Waals surface area contributed by atoms with Crippen LogP contribution < -0.4 is 5.73 Å². The molecule has 0 atom stereocenters. The number of anilines is 1. The van der Waals surface area contributed by atoms with Crippen LogP contribution in [-0.4, -0.2) is 15.0 Å². The van der Waals surface area contributed by atoms with Crippen molar-refractivity contribution in [2.45, 2.75) is 13.1 Å². The molecule has 2 rings (SSSR count). The van der Waals surface area contributed by atoms with Gasteiger partial charge in [0.05, 0.1) is 11.8 Å². The largest absolute Gasteiger partial charge is 0.418 e. The molecule has 20 heavy (non-hydrogen) atoms. The van der Waals surface area contributed by atoms with Gasteiger partial charge >= 0.3 is 6.18 Å². The van der Waals surface area contributed by atoms with Gasteiger partial charge in [0.25, 0.3) is 0 Å². The minimum absolute atomic E-state index is 0.00475. The molecule has 2 N–H and O–H groups in total. The Morgan fingerprint density at radius 3 is 2.60 bits per heavy atom. The van der Waals surface area contributed by atoms with Crippen molar-refractivity contribution in [1.29, 1.82) is 0 Å². The molecule has 2 heterocycles. The Morgan fingerprint density at radius 2 is 2.00 bits per heavy atom. The van der Waals surface area contributed by atoms with Gasteiger partial charge in [0, 0.05) is 6.20 Å². The molecule has 0 spiro atoms. The highest BCUT2D eigenvalue weighted by Crippen LogP contribution is 2.35. The molecular weight excluding hydrogens is 269 g/mol. The molecule has 2 aromatic rings. The first-order valence-electron chi connectivity index (χ1n) is 5.61. The van der Waals surface area contributed by atoms with Crippen LogP contribution in [0.1, 0.15) is 18.2 Å². The zero-order chi connectivity index (χ0) is 14.9. The summed E-state index contributed by atoms with van der Waals surface area (Å²) in [5.41, 5.74) is 5.25. The van der Waals surface area contributed by atoms with Gasteiger partial charge in [-0.1, -0.05) is 6.58 Å². The maximum absolute atomic E-state index is 12.9. The van der Waals surface area contributed by atoms with Gasteiger partial charge < -0.3 is 5.73 Å². The van der Waals surface area contributed by atoms with E-state index >= 15 is 0 Å². The van der Waals surface area contributed by atoms with Crippen LogP contribution in [0.25, 0.3) is 17.0 Å². The Kier molecular flexibility index (Phi) is 3.44. The highest BCUT2D eigenvalue weighted by molar-refractivity contribution is 5.70. The van der Waals surface area contributed by atoms with E-state index < -0.39 is 11.7 Å². The fourth-order valence-corrected chi connectivity index (χ4v) is 1.66. The number of nitrogens with two attached hydrogens (primary N) is 1. The van der Waals surface area contributed by atoms with E-state index in [4.69, 9.17) is 5.73 Å². The Morgan fingerprint density at radius 1 is 1.30 bits per heavy atom. The second kappa shape index (κ2) is 4.92. The molecule has 0 radical (unpaired) electrons. The molecule has 2 aromatic heterocycles. The number of aromatic nitrogens is 3. The number of rotatable bonds is 2. The van der Waals surface area contributed by atoms with Gasteiger partial charge in [-0.3, -0.25) is 4.98 Å². The molecule has 0 unspecified atom stereocenters. The standard InChI is InChI=1S/C13H11F3N4/c1-7(2)10-12(17)19-6-9(20-10)11-8(13(14,15)16)4-3-5-18-11/h3-6H,1H2,2H3,(H2,17,19). The van der Waals surface area contributed by atoms with Crippen LogP contribution in [0.5, 0.6) is 0 Å². The number of allylic oxidation sites excluding steroid dienone is 1. The first kappa shape index (κ1) is 14.0. The van der Waals surface area contributed by atoms with Crippen molar-refractivity contribution in [3.8, 4) is 11.4 Å². The molecule has 4 nitrogen and oxygen atoms in total. The van der Waals surface area contributed by atoms with Crippen molar-refractivity contribution in [3.63, 3.8) is 0 Å². The van der Waals surface area contributed by atoms with E-state index in [1.54, 1.807) is 6.92 Å². The molecule has 0 saturated carbocycles. The first-order valence-corrected chi connectivity index (χ1v) is 5.61. The molecule has 0 amide bonds. The van der Waals surface area contributed by atoms with Crippen molar-refractivity contribution in [2.75, 3.05) is 5.73 Å². The SMILES string of the molecule is C=C(C)c1nc(-c2ncccc2C(F)(F)F)cnc1N. The summed E-state index contributed by atoms with van der Waals surface area (Å²) >= 11 is 0. The molecule has 0 aliphatic carbocycles. The van der Waals surface area contributed by atoms with Crippen molar-refractivity contribution in [1.82, 2.24) is 15.0 Å². The summed E-state index contributed by atoms with van der Waals surface area (Å²) < 4.78 is 38.8. The van der Waals surface area contributed by atoms with Crippen LogP contribution in [-0.2, 0) is 6.18 Å². The van der Waals surface area contributed by atoms with Crippen molar-refractivity contribution < 1.29 is 13.2 Å². The van der Waals surface area contributed by atoms with Crippen LogP contribution in [0, 0.1) is 0 Å². The number of halogens is 3. The van der Waals surface area contributed by atoms with Crippen LogP contribution in [0.2, 0.25) is 0 Å². The molecule has 7 heteroatoms. The van der Waals surface area contributed by atoms with E-state index in [0.717, 1.165) is 6.07 Å². The fraction of sp³-hybridized carbons (Fsp3) is 0.154. The predicted octanol–water partition coefficient (Wildman–Crippen LogP) is 3.17. The number of hydrogen-bond donors (Lipinski definition) is 1. The van der Waals surface area contributed by atoms with Gasteiger partial charge in [-0.05, 0) is 24.6 Å².